The smallest absolute Gasteiger partial charge is 0.425 e. The van der Waals surface area contributed by atoms with E-state index in [2.05, 4.69) is 45.9 Å². The van der Waals surface area contributed by atoms with Crippen molar-refractivity contribution in [1.82, 2.24) is 9.38 Å². The summed E-state index contributed by atoms with van der Waals surface area (Å²) in [6, 6.07) is 22.1. The quantitative estimate of drug-likeness (QED) is 0.0154. The van der Waals surface area contributed by atoms with Gasteiger partial charge in [0.25, 0.3) is 40.5 Å². The number of nitriles is 1. The Morgan fingerprint density at radius 3 is 1.50 bits per heavy atom. The van der Waals surface area contributed by atoms with Crippen molar-refractivity contribution >= 4 is 159 Å². The van der Waals surface area contributed by atoms with Crippen molar-refractivity contribution in [3.05, 3.63) is 112 Å². The molecule has 0 atom stereocenters. The second-order valence-corrected chi connectivity index (χ2v) is 28.2. The zero-order valence-electron chi connectivity index (χ0n) is 47.0. The van der Waals surface area contributed by atoms with Gasteiger partial charge in [-0.2, -0.15) is 59.4 Å². The number of nitrogens with zero attached hydrogens (tertiary/aromatic N) is 11. The van der Waals surface area contributed by atoms with Gasteiger partial charge >= 0.3 is 21.2 Å². The Kier molecular flexibility index (Phi) is 26.4. The van der Waals surface area contributed by atoms with E-state index in [0.29, 0.717) is 59.9 Å². The lowest BCUT2D eigenvalue weighted by Crippen LogP contribution is -2.06. The number of thioether (sulfide) groups is 2. The van der Waals surface area contributed by atoms with Crippen LogP contribution in [0.4, 0.5) is 45.5 Å². The summed E-state index contributed by atoms with van der Waals surface area (Å²) in [7, 11) is -23.6. The number of unbranched alkanes of at least 4 members (excludes halogenated alkanes) is 1. The first-order chi connectivity index (χ1) is 42.0. The average molecular weight is 1420 g/mol. The van der Waals surface area contributed by atoms with Crippen molar-refractivity contribution in [3.8, 4) is 17.7 Å². The zero-order chi connectivity index (χ0) is 66.9. The van der Waals surface area contributed by atoms with Gasteiger partial charge < -0.3 is 9.84 Å². The minimum atomic E-state index is -4.62. The summed E-state index contributed by atoms with van der Waals surface area (Å²) in [6.45, 7) is 6.65. The van der Waals surface area contributed by atoms with Gasteiger partial charge in [-0.1, -0.05) is 11.6 Å². The summed E-state index contributed by atoms with van der Waals surface area (Å²) < 4.78 is 188. The number of pyridine rings is 1. The molecular weight excluding hydrogens is 1370 g/mol. The van der Waals surface area contributed by atoms with E-state index in [4.69, 9.17) is 41.6 Å². The van der Waals surface area contributed by atoms with Gasteiger partial charge in [0.15, 0.2) is 11.3 Å². The molecule has 31 nitrogen and oxygen atoms in total. The van der Waals surface area contributed by atoms with Crippen LogP contribution in [0.2, 0.25) is 5.02 Å². The number of aryl methyl sites for hydroxylation is 3. The van der Waals surface area contributed by atoms with Crippen LogP contribution in [0.5, 0.6) is 11.6 Å². The first-order valence-electron chi connectivity index (χ1n) is 25.2. The van der Waals surface area contributed by atoms with Crippen molar-refractivity contribution in [2.45, 2.75) is 68.1 Å². The topological polar surface area (TPSA) is 489 Å². The summed E-state index contributed by atoms with van der Waals surface area (Å²) in [6.07, 6.45) is 0.382. The Labute approximate surface area is 530 Å². The van der Waals surface area contributed by atoms with Gasteiger partial charge in [-0.05, 0) is 154 Å². The van der Waals surface area contributed by atoms with E-state index in [9.17, 15) is 62.3 Å². The Bertz CT molecular complexity index is 4720. The molecule has 0 fully saturated rings. The molecule has 0 amide bonds. The predicted octanol–water partition coefficient (Wildman–Crippen LogP) is 11.6. The van der Waals surface area contributed by atoms with Gasteiger partial charge in [-0.15, -0.1) is 69.2 Å². The van der Waals surface area contributed by atoms with E-state index in [0.717, 1.165) is 12.1 Å². The summed E-state index contributed by atoms with van der Waals surface area (Å²) in [5, 5.41) is 58.2. The summed E-state index contributed by atoms with van der Waals surface area (Å²) in [5.74, 6) is -1.46. The SMILES string of the molecule is Cc1cc(N=Nc2cc(SCCCS(=O)(=O)O)c(N=Nc3cc(OCCCCS(=O)(=O)O)c(N=Nc4c(C)c(C#N)c5nc6cc(S(=O)(=O)O)ccc6n5c4O)cc3C)cc2C)c(SCCCS(=O)(=O)O)cc1N=Nc1ccc(Cl)cc1.O=S(=O)=O.O=S(=O)=O. The molecule has 5 N–H and O–H groups in total. The van der Waals surface area contributed by atoms with E-state index in [1.165, 1.54) is 47.0 Å². The molecule has 40 heteroatoms. The highest BCUT2D eigenvalue weighted by Gasteiger charge is 2.23. The fraction of sp³-hybridized carbons (Fsp3) is 0.280. The third-order valence-corrected chi connectivity index (χ3v) is 17.6. The van der Waals surface area contributed by atoms with Crippen LogP contribution in [-0.4, -0.2) is 127 Å². The van der Waals surface area contributed by atoms with Crippen LogP contribution in [0.25, 0.3) is 16.7 Å². The Hall–Kier alpha value is -7.59. The Balaban J connectivity index is 0.00000173. The fourth-order valence-corrected chi connectivity index (χ4v) is 12.1. The molecule has 2 heterocycles. The minimum Gasteiger partial charge on any atom is -0.493 e. The van der Waals surface area contributed by atoms with Gasteiger partial charge in [0.2, 0.25) is 5.88 Å². The molecule has 0 radical (unpaired) electrons. The van der Waals surface area contributed by atoms with Crippen LogP contribution in [0, 0.1) is 39.0 Å². The summed E-state index contributed by atoms with van der Waals surface area (Å²) >= 11 is 8.51. The molecule has 7 rings (SSSR count). The number of azo groups is 4. The molecule has 0 spiro atoms. The predicted molar refractivity (Wildman–Crippen MR) is 329 cm³/mol. The monoisotopic (exact) mass is 1420 g/mol. The van der Waals surface area contributed by atoms with Crippen molar-refractivity contribution in [1.29, 1.82) is 5.26 Å². The number of hydrogen-bond donors (Lipinski definition) is 5. The average Bonchev–Trinajstić information content (AvgIpc) is 1.57. The van der Waals surface area contributed by atoms with Gasteiger partial charge in [-0.3, -0.25) is 22.6 Å². The van der Waals surface area contributed by atoms with Crippen molar-refractivity contribution in [3.63, 3.8) is 0 Å². The summed E-state index contributed by atoms with van der Waals surface area (Å²) in [5.41, 5.74) is 4.36. The molecule has 0 aliphatic carbocycles. The first-order valence-corrected chi connectivity index (χ1v) is 35.8. The van der Waals surface area contributed by atoms with E-state index < -0.39 is 89.7 Å². The second kappa shape index (κ2) is 32.4. The molecule has 0 aliphatic rings. The van der Waals surface area contributed by atoms with Gasteiger partial charge in [0, 0.05) is 26.4 Å². The van der Waals surface area contributed by atoms with Crippen molar-refractivity contribution in [2.24, 2.45) is 40.9 Å². The number of imidazole rings is 1. The summed E-state index contributed by atoms with van der Waals surface area (Å²) in [4.78, 5) is 4.95. The van der Waals surface area contributed by atoms with Gasteiger partial charge in [0.1, 0.15) is 23.1 Å². The third-order valence-electron chi connectivity index (χ3n) is 11.8. The Morgan fingerprint density at radius 2 is 1.02 bits per heavy atom. The largest absolute Gasteiger partial charge is 0.493 e. The van der Waals surface area contributed by atoms with Crippen LogP contribution in [0.15, 0.2) is 134 Å². The van der Waals surface area contributed by atoms with Gasteiger partial charge in [0.05, 0.1) is 73.9 Å². The molecule has 0 bridgehead atoms. The highest BCUT2D eigenvalue weighted by Crippen LogP contribution is 2.44. The van der Waals surface area contributed by atoms with E-state index in [1.807, 2.05) is 6.07 Å². The van der Waals surface area contributed by atoms with Crippen molar-refractivity contribution < 1.29 is 87.0 Å². The number of rotatable bonds is 25. The first kappa shape index (κ1) is 73.1. The number of fused-ring (bicyclic) bond motifs is 3. The number of aromatic nitrogens is 2. The van der Waals surface area contributed by atoms with Crippen LogP contribution in [-0.2, 0) is 61.7 Å². The minimum absolute atomic E-state index is 0.0289. The number of ether oxygens (including phenoxy) is 1. The lowest BCUT2D eigenvalue weighted by Gasteiger charge is -2.12. The number of benzene rings is 5. The molecular formula is C50H50ClN11O20S8. The lowest BCUT2D eigenvalue weighted by molar-refractivity contribution is 0.310. The maximum Gasteiger partial charge on any atom is 0.425 e. The molecule has 90 heavy (non-hydrogen) atoms. The molecule has 0 saturated carbocycles. The van der Waals surface area contributed by atoms with Gasteiger partial charge in [-0.25, -0.2) is 4.98 Å². The number of aromatic hydroxyl groups is 1. The third kappa shape index (κ3) is 23.0. The molecule has 0 unspecified atom stereocenters. The maximum absolute atomic E-state index is 11.9. The standard InChI is InChI=1S/C50H50ClN11O14S6.2O3S/c1-29-21-41(58-61-48-32(4)36(28-52)49-53-40-24-35(82(73,74)75)13-14-44(40)62(49)50(48)63)45(76-15-5-6-18-79(64,65)66)25-37(29)56-59-42-23-31(3)39(27-47(42)78-17-8-20-81(70,71)72)57-60-43-22-30(2)38(55-54-34-11-9-33(51)10-12-34)26-46(43)77-16-7-19-80(67,68)69;2*1-4(2)3/h9-14,21-27,63H,5-8,15-20H2,1-4H3,(H,64,65,66)(H,67,68,69)(H,70,71,72)(H,73,74,75);;. The van der Waals surface area contributed by atoms with Crippen LogP contribution in [0.1, 0.15) is 53.5 Å². The highest BCUT2D eigenvalue weighted by molar-refractivity contribution is 7.99. The Morgan fingerprint density at radius 1 is 0.578 bits per heavy atom. The number of halogens is 1. The molecule has 5 aromatic carbocycles. The normalized spacial score (nSPS) is 12.2. The molecule has 2 aromatic heterocycles. The molecule has 0 aliphatic heterocycles. The molecule has 0 saturated heterocycles. The second-order valence-electron chi connectivity index (χ2n) is 18.5. The van der Waals surface area contributed by atoms with Crippen molar-refractivity contribution in [2.75, 3.05) is 35.4 Å². The zero-order valence-corrected chi connectivity index (χ0v) is 54.3. The number of hydrogen-bond acceptors (Lipinski definition) is 28. The molecule has 480 valence electrons. The molecule has 7 aromatic rings. The van der Waals surface area contributed by atoms with E-state index >= 15 is 0 Å². The lowest BCUT2D eigenvalue weighted by atomic mass is 10.1. The van der Waals surface area contributed by atoms with E-state index in [-0.39, 0.29) is 94.4 Å². The van der Waals surface area contributed by atoms with E-state index in [1.54, 1.807) is 75.4 Å². The fourth-order valence-electron chi connectivity index (χ4n) is 7.66. The highest BCUT2D eigenvalue weighted by atomic mass is 35.5. The maximum atomic E-state index is 11.9. The van der Waals surface area contributed by atoms with Crippen LogP contribution in [0.3, 0.4) is 0 Å². The van der Waals surface area contributed by atoms with Crippen LogP contribution >= 0.6 is 35.1 Å². The van der Waals surface area contributed by atoms with Crippen LogP contribution < -0.4 is 4.74 Å².